The Morgan fingerprint density at radius 3 is 2.39 bits per heavy atom. The van der Waals surface area contributed by atoms with Gasteiger partial charge in [-0.2, -0.15) is 0 Å². The van der Waals surface area contributed by atoms with Crippen LogP contribution in [0.25, 0.3) is 21.6 Å². The highest BCUT2D eigenvalue weighted by Crippen LogP contribution is 2.36. The summed E-state index contributed by atoms with van der Waals surface area (Å²) in [7, 11) is 0. The molecule has 2 unspecified atom stereocenters. The number of thiophene rings is 1. The van der Waals surface area contributed by atoms with E-state index in [0.29, 0.717) is 23.6 Å². The van der Waals surface area contributed by atoms with Crippen LogP contribution in [0.3, 0.4) is 0 Å². The number of hydrogen-bond acceptors (Lipinski definition) is 9. The number of nitrogens with one attached hydrogen (secondary N) is 4. The van der Waals surface area contributed by atoms with Gasteiger partial charge in [-0.05, 0) is 69.0 Å². The Labute approximate surface area is 302 Å². The summed E-state index contributed by atoms with van der Waals surface area (Å²) in [5, 5.41) is 13.1. The van der Waals surface area contributed by atoms with E-state index in [1.54, 1.807) is 6.20 Å². The number of rotatable bonds is 12. The zero-order valence-electron chi connectivity index (χ0n) is 30.4. The highest BCUT2D eigenvalue weighted by Gasteiger charge is 2.47. The number of carbonyl (C=O) groups excluding carboxylic acids is 5. The van der Waals surface area contributed by atoms with Crippen molar-refractivity contribution in [1.82, 2.24) is 36.1 Å². The highest BCUT2D eigenvalue weighted by atomic mass is 32.1. The van der Waals surface area contributed by atoms with Crippen molar-refractivity contribution in [3.8, 4) is 17.1 Å². The lowest BCUT2D eigenvalue weighted by atomic mass is 9.85. The van der Waals surface area contributed by atoms with E-state index in [-0.39, 0.29) is 25.4 Å². The molecule has 1 aliphatic carbocycles. The van der Waals surface area contributed by atoms with Crippen molar-refractivity contribution in [2.75, 3.05) is 6.54 Å². The van der Waals surface area contributed by atoms with Crippen LogP contribution < -0.4 is 26.0 Å². The van der Waals surface area contributed by atoms with E-state index in [2.05, 4.69) is 26.3 Å². The molecule has 4 N–H and O–H groups in total. The van der Waals surface area contributed by atoms with E-state index in [9.17, 15) is 24.0 Å². The first-order valence-corrected chi connectivity index (χ1v) is 18.4. The van der Waals surface area contributed by atoms with Crippen molar-refractivity contribution in [3.63, 3.8) is 0 Å². The van der Waals surface area contributed by atoms with Gasteiger partial charge in [0.15, 0.2) is 0 Å². The summed E-state index contributed by atoms with van der Waals surface area (Å²) in [5.74, 6) is -1.93. The van der Waals surface area contributed by atoms with Gasteiger partial charge >= 0.3 is 6.03 Å². The van der Waals surface area contributed by atoms with Crippen LogP contribution in [0.1, 0.15) is 80.6 Å². The molecule has 14 heteroatoms. The van der Waals surface area contributed by atoms with E-state index < -0.39 is 64.7 Å². The molecule has 4 heterocycles. The molecule has 0 bridgehead atoms. The van der Waals surface area contributed by atoms with Crippen molar-refractivity contribution in [1.29, 1.82) is 0 Å². The lowest BCUT2D eigenvalue weighted by Crippen LogP contribution is -2.61. The topological polar surface area (TPSA) is 172 Å². The molecular weight excluding hydrogens is 671 g/mol. The second-order valence-corrected chi connectivity index (χ2v) is 16.4. The first kappa shape index (κ1) is 37.7. The van der Waals surface area contributed by atoms with Gasteiger partial charge in [-0.15, -0.1) is 11.3 Å². The third kappa shape index (κ3) is 9.60. The monoisotopic (exact) mass is 719 g/mol. The normalized spacial score (nSPS) is 18.8. The SMILES string of the molecule is CCCC(NC(=O)[C@@H]1C[C@@H](Oc2cc(-c3ccccn3)nc3ccsc23)CN1C(=O)C(NC(=O)NC(C)(C)C)C(C)(C)C)C(=O)C(=O)NC1CC1. The molecule has 51 heavy (non-hydrogen) atoms. The summed E-state index contributed by atoms with van der Waals surface area (Å²) in [4.78, 5) is 78.2. The number of nitrogens with zero attached hydrogens (tertiary/aromatic N) is 3. The van der Waals surface area contributed by atoms with Crippen LogP contribution in [0.2, 0.25) is 0 Å². The van der Waals surface area contributed by atoms with Crippen LogP contribution in [0.5, 0.6) is 5.75 Å². The van der Waals surface area contributed by atoms with Crippen molar-refractivity contribution < 1.29 is 28.7 Å². The van der Waals surface area contributed by atoms with Crippen LogP contribution in [0.15, 0.2) is 41.9 Å². The second-order valence-electron chi connectivity index (χ2n) is 15.4. The molecule has 274 valence electrons. The van der Waals surface area contributed by atoms with Gasteiger partial charge in [-0.3, -0.25) is 24.2 Å². The number of aromatic nitrogens is 2. The predicted octanol–water partition coefficient (Wildman–Crippen LogP) is 4.35. The van der Waals surface area contributed by atoms with E-state index in [0.717, 1.165) is 23.1 Å². The summed E-state index contributed by atoms with van der Waals surface area (Å²) < 4.78 is 7.42. The van der Waals surface area contributed by atoms with Crippen molar-refractivity contribution >= 4 is 51.1 Å². The Morgan fingerprint density at radius 2 is 1.76 bits per heavy atom. The smallest absolute Gasteiger partial charge is 0.315 e. The molecule has 4 atom stereocenters. The average molecular weight is 720 g/mol. The molecule has 2 fully saturated rings. The van der Waals surface area contributed by atoms with E-state index in [1.807, 2.05) is 84.2 Å². The number of carbonyl (C=O) groups is 5. The number of Topliss-reactive ketones (excluding diaryl/α,β-unsaturated/α-hetero) is 1. The molecule has 2 aliphatic rings. The van der Waals surface area contributed by atoms with Crippen molar-refractivity contribution in [2.24, 2.45) is 5.41 Å². The van der Waals surface area contributed by atoms with Gasteiger partial charge in [0.1, 0.15) is 23.9 Å². The van der Waals surface area contributed by atoms with Crippen LogP contribution >= 0.6 is 11.3 Å². The fourth-order valence-corrected chi connectivity index (χ4v) is 6.79. The molecule has 3 aromatic heterocycles. The number of amides is 5. The number of hydrogen-bond donors (Lipinski definition) is 4. The van der Waals surface area contributed by atoms with E-state index in [1.165, 1.54) is 16.2 Å². The summed E-state index contributed by atoms with van der Waals surface area (Å²) in [6.45, 7) is 12.9. The Kier molecular flexibility index (Phi) is 11.3. The molecule has 1 saturated heterocycles. The van der Waals surface area contributed by atoms with Gasteiger partial charge in [0.05, 0.1) is 34.2 Å². The summed E-state index contributed by atoms with van der Waals surface area (Å²) in [6.07, 6.45) is 3.61. The van der Waals surface area contributed by atoms with Crippen LogP contribution in [0, 0.1) is 5.41 Å². The molecule has 1 aliphatic heterocycles. The average Bonchev–Trinajstić information content (AvgIpc) is 3.56. The number of urea groups is 1. The Morgan fingerprint density at radius 1 is 1.02 bits per heavy atom. The number of fused-ring (bicyclic) bond motifs is 1. The maximum absolute atomic E-state index is 14.5. The number of ketones is 1. The van der Waals surface area contributed by atoms with Gasteiger partial charge in [-0.25, -0.2) is 9.78 Å². The standard InChI is InChI=1S/C37H49N7O6S/c1-8-11-24(29(45)33(47)39-21-13-14-21)41-32(46)27-18-22(20-44(27)34(48)31(36(2,3)4)42-35(49)43-37(5,6)7)50-28-19-26(23-12-9-10-16-38-23)40-25-15-17-51-30(25)28/h9-10,12,15-17,19,21-22,24,27,31H,8,11,13-14,18,20H2,1-7H3,(H,39,47)(H,41,46)(H2,42,43,49)/t22-,24?,27+,31?/m1/s1. The number of likely N-dealkylation sites (tertiary alicyclic amines) is 1. The Bertz CT molecular complexity index is 1760. The summed E-state index contributed by atoms with van der Waals surface area (Å²) in [6, 6.07) is 5.62. The van der Waals surface area contributed by atoms with E-state index in [4.69, 9.17) is 9.72 Å². The molecule has 0 spiro atoms. The molecule has 5 rings (SSSR count). The molecule has 3 aromatic rings. The maximum Gasteiger partial charge on any atom is 0.315 e. The minimum absolute atomic E-state index is 0.0150. The minimum Gasteiger partial charge on any atom is -0.487 e. The quantitative estimate of drug-likeness (QED) is 0.200. The lowest BCUT2D eigenvalue weighted by Gasteiger charge is -2.36. The van der Waals surface area contributed by atoms with Crippen molar-refractivity contribution in [2.45, 2.75) is 116 Å². The second kappa shape index (κ2) is 15.3. The van der Waals surface area contributed by atoms with Gasteiger partial charge < -0.3 is 30.9 Å². The number of ether oxygens (including phenoxy) is 1. The first-order valence-electron chi connectivity index (χ1n) is 17.5. The zero-order chi connectivity index (χ0) is 37.1. The third-order valence-corrected chi connectivity index (χ3v) is 9.59. The maximum atomic E-state index is 14.5. The fourth-order valence-electron chi connectivity index (χ4n) is 6.00. The van der Waals surface area contributed by atoms with Gasteiger partial charge in [0, 0.05) is 30.3 Å². The minimum atomic E-state index is -1.06. The van der Waals surface area contributed by atoms with Crippen LogP contribution in [0.4, 0.5) is 4.79 Å². The molecule has 13 nitrogen and oxygen atoms in total. The van der Waals surface area contributed by atoms with Gasteiger partial charge in [0.2, 0.25) is 17.6 Å². The summed E-state index contributed by atoms with van der Waals surface area (Å²) in [5.41, 5.74) is 0.721. The van der Waals surface area contributed by atoms with Crippen LogP contribution in [-0.2, 0) is 19.2 Å². The molecule has 0 aromatic carbocycles. The third-order valence-electron chi connectivity index (χ3n) is 8.67. The molecule has 1 saturated carbocycles. The first-order chi connectivity index (χ1) is 24.0. The molecule has 5 amide bonds. The number of pyridine rings is 2. The van der Waals surface area contributed by atoms with Crippen molar-refractivity contribution in [3.05, 3.63) is 41.9 Å². The zero-order valence-corrected chi connectivity index (χ0v) is 31.2. The Hall–Kier alpha value is -4.59. The Balaban J connectivity index is 1.45. The lowest BCUT2D eigenvalue weighted by molar-refractivity contribution is -0.144. The van der Waals surface area contributed by atoms with Crippen LogP contribution in [-0.4, -0.2) is 86.8 Å². The summed E-state index contributed by atoms with van der Waals surface area (Å²) >= 11 is 1.47. The molecule has 0 radical (unpaired) electrons. The van der Waals surface area contributed by atoms with Gasteiger partial charge in [-0.1, -0.05) is 40.2 Å². The predicted molar refractivity (Wildman–Crippen MR) is 195 cm³/mol. The largest absolute Gasteiger partial charge is 0.487 e. The fraction of sp³-hybridized carbons (Fsp3) is 0.541. The molecular formula is C37H49N7O6S. The van der Waals surface area contributed by atoms with E-state index >= 15 is 0 Å². The highest BCUT2D eigenvalue weighted by molar-refractivity contribution is 7.17. The van der Waals surface area contributed by atoms with Gasteiger partial charge in [0.25, 0.3) is 5.91 Å².